The van der Waals surface area contributed by atoms with Crippen molar-refractivity contribution in [2.45, 2.75) is 38.4 Å². The van der Waals surface area contributed by atoms with E-state index >= 15 is 0 Å². The van der Waals surface area contributed by atoms with Gasteiger partial charge in [0.15, 0.2) is 0 Å². The van der Waals surface area contributed by atoms with E-state index in [0.717, 1.165) is 65.5 Å². The predicted molar refractivity (Wildman–Crippen MR) is 135 cm³/mol. The van der Waals surface area contributed by atoms with Crippen molar-refractivity contribution in [1.82, 2.24) is 19.2 Å². The molecule has 0 radical (unpaired) electrons. The van der Waals surface area contributed by atoms with Gasteiger partial charge in [-0.25, -0.2) is 4.98 Å². The van der Waals surface area contributed by atoms with Crippen LogP contribution in [0.25, 0.3) is 16.9 Å². The zero-order valence-electron chi connectivity index (χ0n) is 19.2. The van der Waals surface area contributed by atoms with Crippen LogP contribution in [0.4, 0.5) is 0 Å². The monoisotopic (exact) mass is 470 g/mol. The van der Waals surface area contributed by atoms with Gasteiger partial charge in [0.2, 0.25) is 0 Å². The van der Waals surface area contributed by atoms with E-state index in [1.807, 2.05) is 67.6 Å². The minimum absolute atomic E-state index is 0.170. The Morgan fingerprint density at radius 1 is 0.971 bits per heavy atom. The van der Waals surface area contributed by atoms with Gasteiger partial charge in [-0.2, -0.15) is 0 Å². The minimum Gasteiger partial charge on any atom is -0.333 e. The third kappa shape index (κ3) is 3.69. The SMILES string of the molecule is Cc1ccccc1C(=O)N1CC2CCC1CN2Cc1c(-c2ccc(Cl)cc2)nc2ccccn12. The van der Waals surface area contributed by atoms with E-state index in [-0.39, 0.29) is 11.9 Å². The number of benzene rings is 2. The molecule has 2 aromatic heterocycles. The van der Waals surface area contributed by atoms with E-state index in [9.17, 15) is 4.79 Å². The number of carbonyl (C=O) groups excluding carboxylic acids is 1. The highest BCUT2D eigenvalue weighted by molar-refractivity contribution is 6.30. The highest BCUT2D eigenvalue weighted by Gasteiger charge is 2.41. The molecule has 3 aliphatic rings. The number of imidazole rings is 1. The molecule has 2 unspecified atom stereocenters. The van der Waals surface area contributed by atoms with Gasteiger partial charge in [0.25, 0.3) is 5.91 Å². The Morgan fingerprint density at radius 2 is 1.74 bits per heavy atom. The number of carbonyl (C=O) groups is 1. The molecule has 2 aromatic carbocycles. The first kappa shape index (κ1) is 21.4. The lowest BCUT2D eigenvalue weighted by Gasteiger charge is -2.51. The Morgan fingerprint density at radius 3 is 2.50 bits per heavy atom. The smallest absolute Gasteiger partial charge is 0.254 e. The van der Waals surface area contributed by atoms with Crippen molar-refractivity contribution in [2.75, 3.05) is 13.1 Å². The summed E-state index contributed by atoms with van der Waals surface area (Å²) in [5, 5.41) is 0.723. The largest absolute Gasteiger partial charge is 0.333 e. The van der Waals surface area contributed by atoms with E-state index in [4.69, 9.17) is 16.6 Å². The average Bonchev–Trinajstić information content (AvgIpc) is 3.23. The number of hydrogen-bond donors (Lipinski definition) is 0. The second-order valence-electron chi connectivity index (χ2n) is 9.43. The maximum absolute atomic E-state index is 13.4. The van der Waals surface area contributed by atoms with Gasteiger partial charge in [0.1, 0.15) is 5.65 Å². The van der Waals surface area contributed by atoms with Gasteiger partial charge in [0.05, 0.1) is 11.4 Å². The molecule has 5 heterocycles. The number of halogens is 1. The summed E-state index contributed by atoms with van der Waals surface area (Å²) in [6, 6.07) is 22.6. The molecule has 7 rings (SSSR count). The summed E-state index contributed by atoms with van der Waals surface area (Å²) >= 11 is 6.14. The molecular formula is C28H27ClN4O. The molecule has 172 valence electrons. The van der Waals surface area contributed by atoms with Crippen LogP contribution >= 0.6 is 11.6 Å². The van der Waals surface area contributed by atoms with Crippen LogP contribution in [0, 0.1) is 6.92 Å². The quantitative estimate of drug-likeness (QED) is 0.398. The molecule has 5 nitrogen and oxygen atoms in total. The summed E-state index contributed by atoms with van der Waals surface area (Å²) in [7, 11) is 0. The molecule has 3 saturated heterocycles. The van der Waals surface area contributed by atoms with Gasteiger partial charge < -0.3 is 9.30 Å². The number of rotatable bonds is 4. The minimum atomic E-state index is 0.170. The van der Waals surface area contributed by atoms with Crippen LogP contribution in [-0.2, 0) is 6.54 Å². The molecule has 0 N–H and O–H groups in total. The first-order chi connectivity index (χ1) is 16.6. The number of hydrogen-bond acceptors (Lipinski definition) is 3. The molecule has 2 atom stereocenters. The molecule has 3 aliphatic heterocycles. The van der Waals surface area contributed by atoms with Gasteiger partial charge in [0, 0.05) is 54.1 Å². The number of amides is 1. The van der Waals surface area contributed by atoms with Crippen LogP contribution in [0.2, 0.25) is 5.02 Å². The molecule has 1 amide bonds. The van der Waals surface area contributed by atoms with Gasteiger partial charge in [-0.15, -0.1) is 0 Å². The van der Waals surface area contributed by atoms with Gasteiger partial charge in [-0.05, 0) is 55.7 Å². The number of aryl methyl sites for hydroxylation is 1. The molecule has 0 spiro atoms. The average molecular weight is 471 g/mol. The van der Waals surface area contributed by atoms with Crippen molar-refractivity contribution in [3.05, 3.63) is 94.8 Å². The third-order valence-corrected chi connectivity index (χ3v) is 7.63. The second kappa shape index (κ2) is 8.57. The standard InChI is InChI=1S/C28H27ClN4O/c1-19-6-2-3-7-24(19)28(34)33-17-22-13-14-23(33)16-31(22)18-25-27(20-9-11-21(29)12-10-20)30-26-8-4-5-15-32(25)26/h2-12,15,22-23H,13-14,16-18H2,1H3. The Hall–Kier alpha value is -3.15. The molecule has 4 aromatic rings. The van der Waals surface area contributed by atoms with Crippen molar-refractivity contribution in [3.8, 4) is 11.3 Å². The first-order valence-corrected chi connectivity index (χ1v) is 12.3. The molecule has 0 aliphatic carbocycles. The summed E-state index contributed by atoms with van der Waals surface area (Å²) in [4.78, 5) is 23.0. The maximum Gasteiger partial charge on any atom is 0.254 e. The lowest BCUT2D eigenvalue weighted by atomic mass is 9.89. The van der Waals surface area contributed by atoms with Crippen molar-refractivity contribution < 1.29 is 4.79 Å². The highest BCUT2D eigenvalue weighted by atomic mass is 35.5. The summed E-state index contributed by atoms with van der Waals surface area (Å²) in [6.07, 6.45) is 4.28. The van der Waals surface area contributed by atoms with E-state index < -0.39 is 0 Å². The van der Waals surface area contributed by atoms with Crippen LogP contribution < -0.4 is 0 Å². The van der Waals surface area contributed by atoms with Crippen LogP contribution in [0.15, 0.2) is 72.9 Å². The normalized spacial score (nSPS) is 20.2. The maximum atomic E-state index is 13.4. The van der Waals surface area contributed by atoms with E-state index in [0.29, 0.717) is 6.04 Å². The second-order valence-corrected chi connectivity index (χ2v) is 9.87. The summed E-state index contributed by atoms with van der Waals surface area (Å²) < 4.78 is 2.20. The number of piperidine rings is 2. The van der Waals surface area contributed by atoms with Crippen molar-refractivity contribution >= 4 is 23.2 Å². The van der Waals surface area contributed by atoms with Crippen LogP contribution in [0.1, 0.15) is 34.5 Å². The number of pyridine rings is 1. The van der Waals surface area contributed by atoms with Gasteiger partial charge in [-0.3, -0.25) is 9.69 Å². The summed E-state index contributed by atoms with van der Waals surface area (Å²) in [5.74, 6) is 0.170. The van der Waals surface area contributed by atoms with E-state index in [2.05, 4.69) is 26.5 Å². The van der Waals surface area contributed by atoms with Crippen molar-refractivity contribution in [3.63, 3.8) is 0 Å². The summed E-state index contributed by atoms with van der Waals surface area (Å²) in [6.45, 7) is 4.49. The van der Waals surface area contributed by atoms with Crippen LogP contribution in [0.5, 0.6) is 0 Å². The van der Waals surface area contributed by atoms with Gasteiger partial charge >= 0.3 is 0 Å². The topological polar surface area (TPSA) is 40.9 Å². The zero-order chi connectivity index (χ0) is 23.2. The number of nitrogens with zero attached hydrogens (tertiary/aromatic N) is 4. The first-order valence-electron chi connectivity index (χ1n) is 11.9. The predicted octanol–water partition coefficient (Wildman–Crippen LogP) is 5.45. The fraction of sp³-hybridized carbons (Fsp3) is 0.286. The number of aromatic nitrogens is 2. The van der Waals surface area contributed by atoms with Gasteiger partial charge in [-0.1, -0.05) is 48.0 Å². The molecule has 3 fully saturated rings. The molecule has 0 saturated carbocycles. The third-order valence-electron chi connectivity index (χ3n) is 7.38. The molecular weight excluding hydrogens is 444 g/mol. The molecule has 34 heavy (non-hydrogen) atoms. The molecule has 2 bridgehead atoms. The Labute approximate surface area is 204 Å². The Bertz CT molecular complexity index is 1360. The molecule has 6 heteroatoms. The van der Waals surface area contributed by atoms with Crippen LogP contribution in [0.3, 0.4) is 0 Å². The zero-order valence-corrected chi connectivity index (χ0v) is 19.9. The fourth-order valence-electron chi connectivity index (χ4n) is 5.55. The Kier molecular flexibility index (Phi) is 5.39. The van der Waals surface area contributed by atoms with Crippen molar-refractivity contribution in [1.29, 1.82) is 0 Å². The lowest BCUT2D eigenvalue weighted by Crippen LogP contribution is -2.63. The lowest BCUT2D eigenvalue weighted by molar-refractivity contribution is -0.0159. The van der Waals surface area contributed by atoms with Crippen molar-refractivity contribution in [2.24, 2.45) is 0 Å². The number of piperazine rings is 1. The fourth-order valence-corrected chi connectivity index (χ4v) is 5.68. The highest BCUT2D eigenvalue weighted by Crippen LogP contribution is 2.34. The Balaban J connectivity index is 1.29. The van der Waals surface area contributed by atoms with Crippen LogP contribution in [-0.4, -0.2) is 50.3 Å². The number of fused-ring (bicyclic) bond motifs is 4. The van der Waals surface area contributed by atoms with E-state index in [1.54, 1.807) is 0 Å². The van der Waals surface area contributed by atoms with E-state index in [1.165, 1.54) is 5.69 Å². The summed E-state index contributed by atoms with van der Waals surface area (Å²) in [5.41, 5.74) is 6.07.